The molecule has 0 aliphatic rings. The molecule has 0 radical (unpaired) electrons. The van der Waals surface area contributed by atoms with Crippen LogP contribution >= 0.6 is 11.3 Å². The van der Waals surface area contributed by atoms with Crippen molar-refractivity contribution in [3.8, 4) is 0 Å². The number of ether oxygens (including phenoxy) is 1. The highest BCUT2D eigenvalue weighted by Crippen LogP contribution is 2.15. The second-order valence-electron chi connectivity index (χ2n) is 1.96. The zero-order valence-corrected chi connectivity index (χ0v) is 7.30. The lowest BCUT2D eigenvalue weighted by Gasteiger charge is -1.86. The Balaban J connectivity index is 2.63. The molecule has 2 N–H and O–H groups in total. The van der Waals surface area contributed by atoms with Crippen molar-refractivity contribution in [1.82, 2.24) is 4.98 Å². The second-order valence-corrected chi connectivity index (χ2v) is 3.05. The lowest BCUT2D eigenvalue weighted by atomic mass is 10.4. The summed E-state index contributed by atoms with van der Waals surface area (Å²) in [7, 11) is 1.33. The van der Waals surface area contributed by atoms with Crippen LogP contribution in [0.25, 0.3) is 6.08 Å². The first kappa shape index (κ1) is 8.73. The summed E-state index contributed by atoms with van der Waals surface area (Å²) in [4.78, 5) is 15.3. The van der Waals surface area contributed by atoms with E-state index in [9.17, 15) is 4.79 Å². The number of nitrogens with zero attached hydrogens (tertiary/aromatic N) is 1. The van der Waals surface area contributed by atoms with Crippen LogP contribution in [0.3, 0.4) is 0 Å². The quantitative estimate of drug-likeness (QED) is 0.548. The van der Waals surface area contributed by atoms with Gasteiger partial charge in [0.2, 0.25) is 0 Å². The number of nitrogen functional groups attached to an aromatic ring is 1. The minimum absolute atomic E-state index is 0.387. The number of aromatic nitrogens is 1. The van der Waals surface area contributed by atoms with Gasteiger partial charge in [-0.3, -0.25) is 0 Å². The molecule has 0 saturated heterocycles. The minimum Gasteiger partial charge on any atom is -0.466 e. The van der Waals surface area contributed by atoms with E-state index in [1.165, 1.54) is 24.5 Å². The van der Waals surface area contributed by atoms with Gasteiger partial charge >= 0.3 is 5.97 Å². The van der Waals surface area contributed by atoms with Gasteiger partial charge in [-0.2, -0.15) is 0 Å². The van der Waals surface area contributed by atoms with Gasteiger partial charge in [-0.05, 0) is 6.08 Å². The van der Waals surface area contributed by atoms with E-state index in [0.29, 0.717) is 5.13 Å². The Morgan fingerprint density at radius 1 is 1.83 bits per heavy atom. The van der Waals surface area contributed by atoms with Crippen molar-refractivity contribution >= 4 is 28.5 Å². The third-order valence-electron chi connectivity index (χ3n) is 1.13. The third kappa shape index (κ3) is 2.35. The lowest BCUT2D eigenvalue weighted by molar-refractivity contribution is -0.134. The van der Waals surface area contributed by atoms with Gasteiger partial charge in [0.1, 0.15) is 0 Å². The number of carbonyl (C=O) groups excluding carboxylic acids is 1. The van der Waals surface area contributed by atoms with Crippen molar-refractivity contribution in [2.45, 2.75) is 0 Å². The van der Waals surface area contributed by atoms with E-state index in [2.05, 4.69) is 9.72 Å². The Morgan fingerprint density at radius 2 is 2.58 bits per heavy atom. The topological polar surface area (TPSA) is 65.2 Å². The van der Waals surface area contributed by atoms with Crippen LogP contribution in [0.4, 0.5) is 5.13 Å². The summed E-state index contributed by atoms with van der Waals surface area (Å²) in [5, 5.41) is 0.486. The maximum Gasteiger partial charge on any atom is 0.330 e. The van der Waals surface area contributed by atoms with Crippen molar-refractivity contribution in [3.05, 3.63) is 17.2 Å². The van der Waals surface area contributed by atoms with Crippen LogP contribution in [-0.2, 0) is 9.53 Å². The van der Waals surface area contributed by atoms with Crippen molar-refractivity contribution in [2.24, 2.45) is 0 Å². The van der Waals surface area contributed by atoms with Gasteiger partial charge < -0.3 is 10.5 Å². The number of hydrogen-bond acceptors (Lipinski definition) is 5. The highest BCUT2D eigenvalue weighted by Gasteiger charge is 1.95. The van der Waals surface area contributed by atoms with Crippen molar-refractivity contribution in [3.63, 3.8) is 0 Å². The van der Waals surface area contributed by atoms with Crippen LogP contribution in [0.1, 0.15) is 4.88 Å². The van der Waals surface area contributed by atoms with Gasteiger partial charge in [0.15, 0.2) is 5.13 Å². The Bertz CT molecular complexity index is 306. The maximum absolute atomic E-state index is 10.6. The van der Waals surface area contributed by atoms with Gasteiger partial charge in [-0.1, -0.05) is 11.3 Å². The van der Waals surface area contributed by atoms with Crippen LogP contribution in [0.2, 0.25) is 0 Å². The average Bonchev–Trinajstić information content (AvgIpc) is 2.47. The van der Waals surface area contributed by atoms with E-state index in [-0.39, 0.29) is 5.97 Å². The molecule has 0 unspecified atom stereocenters. The number of nitrogens with two attached hydrogens (primary N) is 1. The molecule has 0 amide bonds. The summed E-state index contributed by atoms with van der Waals surface area (Å²) in [6, 6.07) is 0. The van der Waals surface area contributed by atoms with Gasteiger partial charge in [-0.15, -0.1) is 0 Å². The van der Waals surface area contributed by atoms with E-state index >= 15 is 0 Å². The van der Waals surface area contributed by atoms with Crippen LogP contribution in [-0.4, -0.2) is 18.1 Å². The number of hydrogen-bond donors (Lipinski definition) is 1. The minimum atomic E-state index is -0.387. The second kappa shape index (κ2) is 3.87. The molecule has 0 spiro atoms. The molecule has 1 aromatic rings. The zero-order chi connectivity index (χ0) is 8.97. The van der Waals surface area contributed by atoms with E-state index in [0.717, 1.165) is 4.88 Å². The normalized spacial score (nSPS) is 10.4. The molecule has 1 heterocycles. The monoisotopic (exact) mass is 184 g/mol. The summed E-state index contributed by atoms with van der Waals surface area (Å²) in [5.74, 6) is -0.387. The van der Waals surface area contributed by atoms with E-state index < -0.39 is 0 Å². The molecular weight excluding hydrogens is 176 g/mol. The van der Waals surface area contributed by atoms with Crippen LogP contribution in [0.5, 0.6) is 0 Å². The number of anilines is 1. The Labute approximate surface area is 73.7 Å². The molecular formula is C7H8N2O2S. The molecule has 1 rings (SSSR count). The molecule has 4 nitrogen and oxygen atoms in total. The number of rotatable bonds is 2. The molecule has 0 fully saturated rings. The highest BCUT2D eigenvalue weighted by atomic mass is 32.1. The first-order valence-corrected chi connectivity index (χ1v) is 4.01. The molecule has 12 heavy (non-hydrogen) atoms. The van der Waals surface area contributed by atoms with E-state index in [4.69, 9.17) is 5.73 Å². The van der Waals surface area contributed by atoms with Crippen molar-refractivity contribution < 1.29 is 9.53 Å². The van der Waals surface area contributed by atoms with Gasteiger partial charge in [0.25, 0.3) is 0 Å². The van der Waals surface area contributed by atoms with Crippen molar-refractivity contribution in [2.75, 3.05) is 12.8 Å². The number of methoxy groups -OCH3 is 1. The van der Waals surface area contributed by atoms with E-state index in [1.54, 1.807) is 12.3 Å². The summed E-state index contributed by atoms with van der Waals surface area (Å²) < 4.78 is 4.41. The molecule has 5 heteroatoms. The predicted octanol–water partition coefficient (Wildman–Crippen LogP) is 0.911. The predicted molar refractivity (Wildman–Crippen MR) is 47.6 cm³/mol. The number of esters is 1. The standard InChI is InChI=1S/C7H8N2O2S/c1-11-6(10)3-2-5-4-9-7(8)12-5/h2-4H,1H3,(H2,8,9)/b3-2+. The fourth-order valence-electron chi connectivity index (χ4n) is 0.596. The Hall–Kier alpha value is -1.36. The van der Waals surface area contributed by atoms with Crippen LogP contribution < -0.4 is 5.73 Å². The first-order chi connectivity index (χ1) is 5.72. The van der Waals surface area contributed by atoms with E-state index in [1.807, 2.05) is 0 Å². The third-order valence-corrected chi connectivity index (χ3v) is 1.92. The molecule has 0 aliphatic carbocycles. The number of thiazole rings is 1. The Morgan fingerprint density at radius 3 is 3.08 bits per heavy atom. The molecule has 1 aromatic heterocycles. The molecule has 0 aliphatic heterocycles. The van der Waals surface area contributed by atoms with Gasteiger partial charge in [0, 0.05) is 17.2 Å². The summed E-state index contributed by atoms with van der Waals surface area (Å²) >= 11 is 1.31. The van der Waals surface area contributed by atoms with Gasteiger partial charge in [0.05, 0.1) is 7.11 Å². The smallest absolute Gasteiger partial charge is 0.330 e. The number of carbonyl (C=O) groups is 1. The summed E-state index contributed by atoms with van der Waals surface area (Å²) in [5.41, 5.74) is 5.37. The fraction of sp³-hybridized carbons (Fsp3) is 0.143. The van der Waals surface area contributed by atoms with Crippen molar-refractivity contribution in [1.29, 1.82) is 0 Å². The largest absolute Gasteiger partial charge is 0.466 e. The summed E-state index contributed by atoms with van der Waals surface area (Å²) in [6.45, 7) is 0. The summed E-state index contributed by atoms with van der Waals surface area (Å²) in [6.07, 6.45) is 4.53. The highest BCUT2D eigenvalue weighted by molar-refractivity contribution is 7.16. The zero-order valence-electron chi connectivity index (χ0n) is 6.48. The Kier molecular flexibility index (Phi) is 2.82. The fourth-order valence-corrected chi connectivity index (χ4v) is 1.18. The molecule has 0 saturated carbocycles. The lowest BCUT2D eigenvalue weighted by Crippen LogP contribution is -1.92. The molecule has 0 bridgehead atoms. The van der Waals surface area contributed by atoms with Crippen LogP contribution in [0.15, 0.2) is 12.3 Å². The average molecular weight is 184 g/mol. The van der Waals surface area contributed by atoms with Gasteiger partial charge in [-0.25, -0.2) is 9.78 Å². The molecule has 0 aromatic carbocycles. The SMILES string of the molecule is COC(=O)/C=C/c1cnc(N)s1. The molecule has 0 atom stereocenters. The van der Waals surface area contributed by atoms with Crippen LogP contribution in [0, 0.1) is 0 Å². The molecule has 64 valence electrons. The maximum atomic E-state index is 10.6. The first-order valence-electron chi connectivity index (χ1n) is 3.19.